The molecule has 3 heteroatoms. The van der Waals surface area contributed by atoms with Crippen molar-refractivity contribution in [2.45, 2.75) is 33.9 Å². The second-order valence-corrected chi connectivity index (χ2v) is 5.28. The van der Waals surface area contributed by atoms with Crippen molar-refractivity contribution in [1.29, 1.82) is 0 Å². The molecule has 106 valence electrons. The predicted octanol–water partition coefficient (Wildman–Crippen LogP) is 5.61. The van der Waals surface area contributed by atoms with Gasteiger partial charge in [0.2, 0.25) is 0 Å². The number of halogens is 3. The van der Waals surface area contributed by atoms with Gasteiger partial charge in [-0.2, -0.15) is 13.2 Å². The van der Waals surface area contributed by atoms with Gasteiger partial charge in [0.1, 0.15) is 0 Å². The van der Waals surface area contributed by atoms with E-state index in [0.717, 1.165) is 16.7 Å². The van der Waals surface area contributed by atoms with Gasteiger partial charge in [-0.05, 0) is 67.1 Å². The van der Waals surface area contributed by atoms with E-state index in [2.05, 4.69) is 0 Å². The summed E-state index contributed by atoms with van der Waals surface area (Å²) in [6.45, 7) is 7.39. The molecule has 0 radical (unpaired) electrons. The molecule has 0 saturated carbocycles. The summed E-state index contributed by atoms with van der Waals surface area (Å²) in [7, 11) is 0. The Morgan fingerprint density at radius 3 is 1.80 bits per heavy atom. The van der Waals surface area contributed by atoms with E-state index < -0.39 is 11.7 Å². The zero-order valence-corrected chi connectivity index (χ0v) is 12.0. The van der Waals surface area contributed by atoms with Gasteiger partial charge in [0.15, 0.2) is 0 Å². The zero-order chi connectivity index (χ0) is 15.1. The summed E-state index contributed by atoms with van der Waals surface area (Å²) in [5.41, 5.74) is 3.90. The SMILES string of the molecule is Cc1ccc(-c2cc(C)c(C)cc2C(F)(F)F)cc1C. The van der Waals surface area contributed by atoms with Gasteiger partial charge in [-0.3, -0.25) is 0 Å². The van der Waals surface area contributed by atoms with E-state index in [1.165, 1.54) is 6.07 Å². The molecule has 0 aliphatic carbocycles. The Labute approximate surface area is 117 Å². The molecule has 0 saturated heterocycles. The maximum absolute atomic E-state index is 13.2. The van der Waals surface area contributed by atoms with Gasteiger partial charge in [-0.15, -0.1) is 0 Å². The molecule has 0 unspecified atom stereocenters. The standard InChI is InChI=1S/C17H17F3/c1-10-5-6-14(7-11(10)2)15-8-12(3)13(4)9-16(15)17(18,19)20/h5-9H,1-4H3. The van der Waals surface area contributed by atoms with Crippen LogP contribution in [0.3, 0.4) is 0 Å². The van der Waals surface area contributed by atoms with Gasteiger partial charge in [0, 0.05) is 0 Å². The molecule has 2 aromatic rings. The van der Waals surface area contributed by atoms with Crippen molar-refractivity contribution < 1.29 is 13.2 Å². The number of hydrogen-bond donors (Lipinski definition) is 0. The average molecular weight is 278 g/mol. The largest absolute Gasteiger partial charge is 0.417 e. The first-order chi connectivity index (χ1) is 9.20. The molecule has 0 spiro atoms. The van der Waals surface area contributed by atoms with Gasteiger partial charge in [-0.25, -0.2) is 0 Å². The monoisotopic (exact) mass is 278 g/mol. The van der Waals surface area contributed by atoms with Crippen molar-refractivity contribution in [2.24, 2.45) is 0 Å². The van der Waals surface area contributed by atoms with Gasteiger partial charge in [-0.1, -0.05) is 24.3 Å². The number of benzene rings is 2. The van der Waals surface area contributed by atoms with E-state index in [0.29, 0.717) is 11.1 Å². The summed E-state index contributed by atoms with van der Waals surface area (Å²) >= 11 is 0. The molecule has 0 atom stereocenters. The van der Waals surface area contributed by atoms with Crippen LogP contribution in [-0.2, 0) is 6.18 Å². The molecule has 0 N–H and O–H groups in total. The Balaban J connectivity index is 2.72. The van der Waals surface area contributed by atoms with E-state index in [1.807, 2.05) is 32.9 Å². The van der Waals surface area contributed by atoms with Crippen LogP contribution in [0.4, 0.5) is 13.2 Å². The molecule has 0 heterocycles. The average Bonchev–Trinajstić information content (AvgIpc) is 2.34. The smallest absolute Gasteiger partial charge is 0.166 e. The topological polar surface area (TPSA) is 0 Å². The van der Waals surface area contributed by atoms with Crippen LogP contribution >= 0.6 is 0 Å². The van der Waals surface area contributed by atoms with E-state index in [1.54, 1.807) is 19.1 Å². The predicted molar refractivity (Wildman–Crippen MR) is 75.8 cm³/mol. The molecule has 0 nitrogen and oxygen atoms in total. The van der Waals surface area contributed by atoms with Crippen molar-refractivity contribution in [3.63, 3.8) is 0 Å². The molecule has 0 fully saturated rings. The molecule has 20 heavy (non-hydrogen) atoms. The van der Waals surface area contributed by atoms with Gasteiger partial charge < -0.3 is 0 Å². The fraction of sp³-hybridized carbons (Fsp3) is 0.294. The Bertz CT molecular complexity index is 652. The second-order valence-electron chi connectivity index (χ2n) is 5.28. The molecule has 0 bridgehead atoms. The molecule has 2 aromatic carbocycles. The molecule has 2 rings (SSSR count). The lowest BCUT2D eigenvalue weighted by Gasteiger charge is -2.16. The van der Waals surface area contributed by atoms with Crippen LogP contribution in [0.25, 0.3) is 11.1 Å². The maximum Gasteiger partial charge on any atom is 0.417 e. The van der Waals surface area contributed by atoms with Crippen LogP contribution in [0.2, 0.25) is 0 Å². The minimum Gasteiger partial charge on any atom is -0.166 e. The van der Waals surface area contributed by atoms with Gasteiger partial charge in [0.05, 0.1) is 5.56 Å². The van der Waals surface area contributed by atoms with Crippen LogP contribution in [0.5, 0.6) is 0 Å². The maximum atomic E-state index is 13.2. The van der Waals surface area contributed by atoms with E-state index in [-0.39, 0.29) is 5.56 Å². The third-order valence-electron chi connectivity index (χ3n) is 3.76. The first kappa shape index (κ1) is 14.6. The summed E-state index contributed by atoms with van der Waals surface area (Å²) in [5.74, 6) is 0. The van der Waals surface area contributed by atoms with Crippen LogP contribution in [0.1, 0.15) is 27.8 Å². The number of hydrogen-bond acceptors (Lipinski definition) is 0. The van der Waals surface area contributed by atoms with E-state index >= 15 is 0 Å². The molecular weight excluding hydrogens is 261 g/mol. The fourth-order valence-electron chi connectivity index (χ4n) is 2.20. The highest BCUT2D eigenvalue weighted by Crippen LogP contribution is 2.39. The summed E-state index contributed by atoms with van der Waals surface area (Å²) in [6.07, 6.45) is -4.34. The lowest BCUT2D eigenvalue weighted by molar-refractivity contribution is -0.137. The first-order valence-electron chi connectivity index (χ1n) is 6.46. The number of aryl methyl sites for hydroxylation is 4. The van der Waals surface area contributed by atoms with Crippen LogP contribution in [0.15, 0.2) is 30.3 Å². The number of alkyl halides is 3. The summed E-state index contributed by atoms with van der Waals surface area (Å²) in [5, 5.41) is 0. The van der Waals surface area contributed by atoms with E-state index in [4.69, 9.17) is 0 Å². The highest BCUT2D eigenvalue weighted by molar-refractivity contribution is 5.70. The number of rotatable bonds is 1. The summed E-state index contributed by atoms with van der Waals surface area (Å²) < 4.78 is 39.7. The van der Waals surface area contributed by atoms with Crippen LogP contribution in [-0.4, -0.2) is 0 Å². The van der Waals surface area contributed by atoms with Crippen molar-refractivity contribution in [3.05, 3.63) is 58.1 Å². The first-order valence-corrected chi connectivity index (χ1v) is 6.46. The zero-order valence-electron chi connectivity index (χ0n) is 12.0. The lowest BCUT2D eigenvalue weighted by Crippen LogP contribution is -2.08. The Hall–Kier alpha value is -1.77. The minimum absolute atomic E-state index is 0.253. The Morgan fingerprint density at radius 1 is 0.700 bits per heavy atom. The van der Waals surface area contributed by atoms with Crippen LogP contribution in [0, 0.1) is 27.7 Å². The molecular formula is C17H17F3. The molecule has 0 aliphatic heterocycles. The van der Waals surface area contributed by atoms with Crippen molar-refractivity contribution in [3.8, 4) is 11.1 Å². The van der Waals surface area contributed by atoms with Crippen molar-refractivity contribution >= 4 is 0 Å². The highest BCUT2D eigenvalue weighted by atomic mass is 19.4. The van der Waals surface area contributed by atoms with Crippen molar-refractivity contribution in [2.75, 3.05) is 0 Å². The quantitative estimate of drug-likeness (QED) is 0.636. The second kappa shape index (κ2) is 4.97. The molecule has 0 amide bonds. The normalized spacial score (nSPS) is 11.8. The van der Waals surface area contributed by atoms with E-state index in [9.17, 15) is 13.2 Å². The summed E-state index contributed by atoms with van der Waals surface area (Å²) in [6, 6.07) is 8.29. The third kappa shape index (κ3) is 2.72. The fourth-order valence-corrected chi connectivity index (χ4v) is 2.20. The Morgan fingerprint density at radius 2 is 1.25 bits per heavy atom. The molecule has 0 aliphatic rings. The lowest BCUT2D eigenvalue weighted by atomic mass is 9.92. The molecule has 0 aromatic heterocycles. The minimum atomic E-state index is -4.34. The van der Waals surface area contributed by atoms with Crippen LogP contribution < -0.4 is 0 Å². The summed E-state index contributed by atoms with van der Waals surface area (Å²) in [4.78, 5) is 0. The van der Waals surface area contributed by atoms with Gasteiger partial charge >= 0.3 is 6.18 Å². The van der Waals surface area contributed by atoms with Crippen molar-refractivity contribution in [1.82, 2.24) is 0 Å². The van der Waals surface area contributed by atoms with Gasteiger partial charge in [0.25, 0.3) is 0 Å². The highest BCUT2D eigenvalue weighted by Gasteiger charge is 2.34. The third-order valence-corrected chi connectivity index (χ3v) is 3.76. The Kier molecular flexibility index (Phi) is 3.63.